The van der Waals surface area contributed by atoms with Gasteiger partial charge in [0.25, 0.3) is 0 Å². The maximum atomic E-state index is 12.3. The Balaban J connectivity index is 4.07. The van der Waals surface area contributed by atoms with E-state index in [1.165, 1.54) is 0 Å². The van der Waals surface area contributed by atoms with Crippen LogP contribution in [0.2, 0.25) is 0 Å². The zero-order chi connectivity index (χ0) is 18.1. The third kappa shape index (κ3) is 12.3. The lowest BCUT2D eigenvalue weighted by atomic mass is 10.1. The van der Waals surface area contributed by atoms with E-state index in [9.17, 15) is 4.79 Å². The highest BCUT2D eigenvalue weighted by molar-refractivity contribution is 5.69. The average Bonchev–Trinajstić information content (AvgIpc) is 2.32. The summed E-state index contributed by atoms with van der Waals surface area (Å²) in [7, 11) is 0. The Bertz CT molecular complexity index is 330. The summed E-state index contributed by atoms with van der Waals surface area (Å²) >= 11 is 0. The van der Waals surface area contributed by atoms with Crippen LogP contribution >= 0.6 is 0 Å². The van der Waals surface area contributed by atoms with Crippen molar-refractivity contribution in [1.82, 2.24) is 10.2 Å². The number of hydrogen-bond donors (Lipinski definition) is 1. The van der Waals surface area contributed by atoms with E-state index < -0.39 is 5.60 Å². The first-order chi connectivity index (χ1) is 10.4. The lowest BCUT2D eigenvalue weighted by Crippen LogP contribution is -2.50. The van der Waals surface area contributed by atoms with Crippen molar-refractivity contribution in [3.05, 3.63) is 0 Å². The lowest BCUT2D eigenvalue weighted by molar-refractivity contribution is 0.00665. The molecule has 0 spiro atoms. The van der Waals surface area contributed by atoms with Crippen LogP contribution in [0.1, 0.15) is 68.2 Å². The molecule has 5 nitrogen and oxygen atoms in total. The fourth-order valence-corrected chi connectivity index (χ4v) is 2.00. The first-order valence-electron chi connectivity index (χ1n) is 8.76. The van der Waals surface area contributed by atoms with Crippen LogP contribution in [0.15, 0.2) is 0 Å². The number of rotatable bonds is 9. The van der Waals surface area contributed by atoms with Crippen molar-refractivity contribution < 1.29 is 14.3 Å². The number of nitrogens with one attached hydrogen (secondary N) is 1. The highest BCUT2D eigenvalue weighted by Crippen LogP contribution is 2.17. The maximum Gasteiger partial charge on any atom is 0.410 e. The molecule has 0 fully saturated rings. The van der Waals surface area contributed by atoms with Gasteiger partial charge in [0, 0.05) is 25.2 Å². The summed E-state index contributed by atoms with van der Waals surface area (Å²) in [5.74, 6) is 0. The van der Waals surface area contributed by atoms with Gasteiger partial charge in [-0.25, -0.2) is 4.79 Å². The molecule has 23 heavy (non-hydrogen) atoms. The minimum atomic E-state index is -0.468. The standard InChI is InChI=1S/C18H38N2O3/c1-15(2)22-14-10-9-11-19-12-13-20(17(3,4)5)16(21)23-18(6,7)8/h15,19H,9-14H2,1-8H3. The molecule has 0 aliphatic heterocycles. The van der Waals surface area contributed by atoms with Gasteiger partial charge >= 0.3 is 6.09 Å². The van der Waals surface area contributed by atoms with Gasteiger partial charge in [0.15, 0.2) is 0 Å². The van der Waals surface area contributed by atoms with Crippen molar-refractivity contribution >= 4 is 6.09 Å². The number of amides is 1. The van der Waals surface area contributed by atoms with E-state index in [2.05, 4.69) is 19.2 Å². The van der Waals surface area contributed by atoms with Crippen LogP contribution in [-0.2, 0) is 9.47 Å². The summed E-state index contributed by atoms with van der Waals surface area (Å²) in [6.45, 7) is 19.0. The minimum absolute atomic E-state index is 0.253. The first-order valence-corrected chi connectivity index (χ1v) is 8.76. The summed E-state index contributed by atoms with van der Waals surface area (Å²) in [4.78, 5) is 14.1. The zero-order valence-corrected chi connectivity index (χ0v) is 16.5. The second kappa shape index (κ2) is 10.1. The van der Waals surface area contributed by atoms with E-state index >= 15 is 0 Å². The summed E-state index contributed by atoms with van der Waals surface area (Å²) in [5.41, 5.74) is -0.723. The molecule has 0 radical (unpaired) electrons. The van der Waals surface area contributed by atoms with Gasteiger partial charge in [-0.15, -0.1) is 0 Å². The van der Waals surface area contributed by atoms with Crippen molar-refractivity contribution in [3.63, 3.8) is 0 Å². The van der Waals surface area contributed by atoms with Gasteiger partial charge < -0.3 is 19.7 Å². The van der Waals surface area contributed by atoms with Gasteiger partial charge in [-0.2, -0.15) is 0 Å². The van der Waals surface area contributed by atoms with Crippen LogP contribution in [0.3, 0.4) is 0 Å². The average molecular weight is 331 g/mol. The number of nitrogens with zero attached hydrogens (tertiary/aromatic N) is 1. The lowest BCUT2D eigenvalue weighted by Gasteiger charge is -2.36. The highest BCUT2D eigenvalue weighted by atomic mass is 16.6. The number of hydrogen-bond acceptors (Lipinski definition) is 4. The molecule has 0 rings (SSSR count). The van der Waals surface area contributed by atoms with Crippen LogP contribution in [0.5, 0.6) is 0 Å². The number of carbonyl (C=O) groups excluding carboxylic acids is 1. The summed E-state index contributed by atoms with van der Waals surface area (Å²) < 4.78 is 11.0. The molecule has 5 heteroatoms. The molecule has 138 valence electrons. The van der Waals surface area contributed by atoms with Gasteiger partial charge in [-0.1, -0.05) is 0 Å². The fraction of sp³-hybridized carbons (Fsp3) is 0.944. The van der Waals surface area contributed by atoms with E-state index in [1.54, 1.807) is 4.90 Å². The molecular formula is C18H38N2O3. The normalized spacial score (nSPS) is 12.6. The van der Waals surface area contributed by atoms with Crippen molar-refractivity contribution in [2.45, 2.75) is 85.5 Å². The molecule has 0 bridgehead atoms. The van der Waals surface area contributed by atoms with Gasteiger partial charge in [0.2, 0.25) is 0 Å². The molecule has 0 aromatic carbocycles. The van der Waals surface area contributed by atoms with Crippen LogP contribution in [0.4, 0.5) is 4.79 Å². The Morgan fingerprint density at radius 1 is 1.04 bits per heavy atom. The monoisotopic (exact) mass is 330 g/mol. The summed E-state index contributed by atoms with van der Waals surface area (Å²) in [5, 5.41) is 3.39. The van der Waals surface area contributed by atoms with E-state index in [4.69, 9.17) is 9.47 Å². The number of unbranched alkanes of at least 4 members (excludes halogenated alkanes) is 1. The first kappa shape index (κ1) is 22.2. The minimum Gasteiger partial charge on any atom is -0.444 e. The van der Waals surface area contributed by atoms with Crippen molar-refractivity contribution in [2.24, 2.45) is 0 Å². The van der Waals surface area contributed by atoms with Crippen LogP contribution in [-0.4, -0.2) is 54.5 Å². The Labute approximate surface area is 143 Å². The Kier molecular flexibility index (Phi) is 9.78. The molecule has 0 unspecified atom stereocenters. The molecule has 0 atom stereocenters. The van der Waals surface area contributed by atoms with Gasteiger partial charge in [-0.3, -0.25) is 0 Å². The van der Waals surface area contributed by atoms with Crippen LogP contribution in [0, 0.1) is 0 Å². The van der Waals surface area contributed by atoms with Crippen molar-refractivity contribution in [2.75, 3.05) is 26.2 Å². The number of carbonyl (C=O) groups is 1. The second-order valence-corrected chi connectivity index (χ2v) is 8.18. The molecule has 0 saturated carbocycles. The van der Waals surface area contributed by atoms with Crippen LogP contribution < -0.4 is 5.32 Å². The Morgan fingerprint density at radius 2 is 1.65 bits per heavy atom. The van der Waals surface area contributed by atoms with Crippen LogP contribution in [0.25, 0.3) is 0 Å². The topological polar surface area (TPSA) is 50.8 Å². The van der Waals surface area contributed by atoms with Gasteiger partial charge in [0.1, 0.15) is 5.60 Å². The van der Waals surface area contributed by atoms with E-state index in [0.717, 1.165) is 32.5 Å². The fourth-order valence-electron chi connectivity index (χ4n) is 2.00. The Hall–Kier alpha value is -0.810. The molecule has 1 N–H and O–H groups in total. The molecule has 1 amide bonds. The van der Waals surface area contributed by atoms with E-state index in [-0.39, 0.29) is 11.6 Å². The summed E-state index contributed by atoms with van der Waals surface area (Å²) in [6, 6.07) is 0. The zero-order valence-electron chi connectivity index (χ0n) is 16.5. The van der Waals surface area contributed by atoms with Crippen molar-refractivity contribution in [3.8, 4) is 0 Å². The SMILES string of the molecule is CC(C)OCCCCNCCN(C(=O)OC(C)(C)C)C(C)(C)C. The largest absolute Gasteiger partial charge is 0.444 e. The molecule has 0 heterocycles. The smallest absolute Gasteiger partial charge is 0.410 e. The number of ether oxygens (including phenoxy) is 2. The van der Waals surface area contributed by atoms with Crippen molar-refractivity contribution in [1.29, 1.82) is 0 Å². The molecule has 0 aliphatic rings. The molecule has 0 aromatic heterocycles. The predicted molar refractivity (Wildman–Crippen MR) is 95.9 cm³/mol. The second-order valence-electron chi connectivity index (χ2n) is 8.18. The maximum absolute atomic E-state index is 12.3. The third-order valence-electron chi connectivity index (χ3n) is 3.13. The molecular weight excluding hydrogens is 292 g/mol. The Morgan fingerprint density at radius 3 is 2.13 bits per heavy atom. The summed E-state index contributed by atoms with van der Waals surface area (Å²) in [6.07, 6.45) is 2.18. The predicted octanol–water partition coefficient (Wildman–Crippen LogP) is 3.82. The van der Waals surface area contributed by atoms with Gasteiger partial charge in [0.05, 0.1) is 6.10 Å². The molecule has 0 saturated heterocycles. The molecule has 0 aliphatic carbocycles. The van der Waals surface area contributed by atoms with E-state index in [0.29, 0.717) is 12.6 Å². The highest BCUT2D eigenvalue weighted by Gasteiger charge is 2.30. The van der Waals surface area contributed by atoms with Gasteiger partial charge in [-0.05, 0) is 74.8 Å². The molecule has 0 aromatic rings. The third-order valence-corrected chi connectivity index (χ3v) is 3.13. The quantitative estimate of drug-likeness (QED) is 0.653. The van der Waals surface area contributed by atoms with E-state index in [1.807, 2.05) is 41.5 Å².